The summed E-state index contributed by atoms with van der Waals surface area (Å²) in [6.07, 6.45) is 5.97. The summed E-state index contributed by atoms with van der Waals surface area (Å²) < 4.78 is 4.59. The van der Waals surface area contributed by atoms with Crippen molar-refractivity contribution in [3.63, 3.8) is 0 Å². The largest absolute Gasteiger partial charge is 0.420 e. The van der Waals surface area contributed by atoms with Crippen LogP contribution in [0.25, 0.3) is 0 Å². The fourth-order valence-corrected chi connectivity index (χ4v) is 0.479. The second kappa shape index (κ2) is 3.37. The molecule has 0 aromatic carbocycles. The predicted molar refractivity (Wildman–Crippen MR) is 35.5 cm³/mol. The van der Waals surface area contributed by atoms with Crippen LogP contribution >= 0.6 is 0 Å². The number of carbonyl (C=O) groups is 1. The van der Waals surface area contributed by atoms with Crippen LogP contribution < -0.4 is 5.32 Å². The third-order valence-corrected chi connectivity index (χ3v) is 0.905. The summed E-state index contributed by atoms with van der Waals surface area (Å²) in [5, 5.41) is 9.06. The number of amides is 1. The van der Waals surface area contributed by atoms with Crippen LogP contribution in [0.2, 0.25) is 0 Å². The maximum absolute atomic E-state index is 10.9. The average molecular weight is 151 g/mol. The topological polar surface area (TPSA) is 68.0 Å². The van der Waals surface area contributed by atoms with Crippen LogP contribution in [0.1, 0.15) is 10.7 Å². The molecule has 11 heavy (non-hydrogen) atoms. The Balaban J connectivity index is 2.51. The molecule has 0 spiro atoms. The van der Waals surface area contributed by atoms with Gasteiger partial charge in [0.05, 0.1) is 6.54 Å². The molecule has 0 bridgehead atoms. The Kier molecular flexibility index (Phi) is 2.23. The van der Waals surface area contributed by atoms with Gasteiger partial charge in [0.2, 0.25) is 6.39 Å². The van der Waals surface area contributed by atoms with Crippen molar-refractivity contribution in [1.82, 2.24) is 15.5 Å². The molecule has 0 aliphatic heterocycles. The van der Waals surface area contributed by atoms with E-state index in [-0.39, 0.29) is 12.4 Å². The summed E-state index contributed by atoms with van der Waals surface area (Å²) in [6, 6.07) is 0. The van der Waals surface area contributed by atoms with E-state index < -0.39 is 5.91 Å². The van der Waals surface area contributed by atoms with E-state index >= 15 is 0 Å². The highest BCUT2D eigenvalue weighted by molar-refractivity contribution is 5.89. The van der Waals surface area contributed by atoms with Crippen LogP contribution in [0.3, 0.4) is 0 Å². The van der Waals surface area contributed by atoms with Gasteiger partial charge in [-0.3, -0.25) is 4.79 Å². The third-order valence-electron chi connectivity index (χ3n) is 0.905. The molecule has 5 heteroatoms. The van der Waals surface area contributed by atoms with Crippen LogP contribution in [0, 0.1) is 12.3 Å². The summed E-state index contributed by atoms with van der Waals surface area (Å²) in [5.41, 5.74) is 0. The molecule has 5 nitrogen and oxygen atoms in total. The fourth-order valence-electron chi connectivity index (χ4n) is 0.479. The minimum Gasteiger partial charge on any atom is -0.420 e. The molecule has 0 radical (unpaired) electrons. The molecular formula is C6H5N3O2. The van der Waals surface area contributed by atoms with E-state index in [1.807, 2.05) is 0 Å². The lowest BCUT2D eigenvalue weighted by atomic mass is 10.5. The minimum absolute atomic E-state index is 0.0831. The quantitative estimate of drug-likeness (QED) is 0.575. The number of terminal acetylenes is 1. The van der Waals surface area contributed by atoms with E-state index in [0.717, 1.165) is 6.39 Å². The molecule has 0 unspecified atom stereocenters. The lowest BCUT2D eigenvalue weighted by Crippen LogP contribution is -2.23. The van der Waals surface area contributed by atoms with Gasteiger partial charge in [-0.05, 0) is 0 Å². The molecular weight excluding hydrogens is 146 g/mol. The fraction of sp³-hybridized carbons (Fsp3) is 0.167. The van der Waals surface area contributed by atoms with E-state index in [9.17, 15) is 4.79 Å². The number of carbonyl (C=O) groups excluding carboxylic acids is 1. The van der Waals surface area contributed by atoms with E-state index in [2.05, 4.69) is 25.9 Å². The summed E-state index contributed by atoms with van der Waals surface area (Å²) in [6.45, 7) is 0.154. The molecule has 0 atom stereocenters. The van der Waals surface area contributed by atoms with E-state index in [1.54, 1.807) is 0 Å². The summed E-state index contributed by atoms with van der Waals surface area (Å²) in [7, 11) is 0. The van der Waals surface area contributed by atoms with Crippen molar-refractivity contribution in [1.29, 1.82) is 0 Å². The highest BCUT2D eigenvalue weighted by Gasteiger charge is 2.08. The molecule has 0 fully saturated rings. The Bertz CT molecular complexity index is 273. The van der Waals surface area contributed by atoms with Crippen LogP contribution in [0.5, 0.6) is 0 Å². The smallest absolute Gasteiger partial charge is 0.309 e. The molecule has 1 N–H and O–H groups in total. The number of rotatable bonds is 2. The molecule has 1 aromatic heterocycles. The molecule has 0 aliphatic carbocycles. The first-order valence-electron chi connectivity index (χ1n) is 2.82. The van der Waals surface area contributed by atoms with E-state index in [4.69, 9.17) is 6.42 Å². The van der Waals surface area contributed by atoms with Gasteiger partial charge in [0.15, 0.2) is 0 Å². The number of aromatic nitrogens is 2. The molecule has 56 valence electrons. The highest BCUT2D eigenvalue weighted by atomic mass is 16.4. The van der Waals surface area contributed by atoms with Crippen molar-refractivity contribution in [3.05, 3.63) is 12.3 Å². The predicted octanol–water partition coefficient (Wildman–Crippen LogP) is -0.567. The first kappa shape index (κ1) is 7.28. The van der Waals surface area contributed by atoms with Crippen LogP contribution in [-0.2, 0) is 0 Å². The van der Waals surface area contributed by atoms with E-state index in [0.29, 0.717) is 0 Å². The number of nitrogens with one attached hydrogen (secondary N) is 1. The van der Waals surface area contributed by atoms with Gasteiger partial charge in [-0.15, -0.1) is 16.6 Å². The molecule has 1 amide bonds. The zero-order chi connectivity index (χ0) is 8.10. The van der Waals surface area contributed by atoms with E-state index in [1.165, 1.54) is 0 Å². The highest BCUT2D eigenvalue weighted by Crippen LogP contribution is 1.89. The third kappa shape index (κ3) is 1.79. The van der Waals surface area contributed by atoms with Crippen molar-refractivity contribution < 1.29 is 9.21 Å². The van der Waals surface area contributed by atoms with Gasteiger partial charge in [0.1, 0.15) is 0 Å². The molecule has 0 saturated carbocycles. The number of hydrogen-bond donors (Lipinski definition) is 1. The maximum atomic E-state index is 10.9. The van der Waals surface area contributed by atoms with Gasteiger partial charge in [-0.25, -0.2) is 0 Å². The van der Waals surface area contributed by atoms with Gasteiger partial charge in [0.25, 0.3) is 0 Å². The lowest BCUT2D eigenvalue weighted by Gasteiger charge is -1.92. The van der Waals surface area contributed by atoms with Crippen molar-refractivity contribution in [2.24, 2.45) is 0 Å². The minimum atomic E-state index is -0.458. The Labute approximate surface area is 62.8 Å². The van der Waals surface area contributed by atoms with Gasteiger partial charge in [0, 0.05) is 0 Å². The van der Waals surface area contributed by atoms with Crippen molar-refractivity contribution in [3.8, 4) is 12.3 Å². The second-order valence-corrected chi connectivity index (χ2v) is 1.63. The van der Waals surface area contributed by atoms with Crippen molar-refractivity contribution in [2.75, 3.05) is 6.54 Å². The second-order valence-electron chi connectivity index (χ2n) is 1.63. The zero-order valence-electron chi connectivity index (χ0n) is 5.57. The first-order chi connectivity index (χ1) is 5.34. The zero-order valence-corrected chi connectivity index (χ0v) is 5.57. The number of hydrogen-bond acceptors (Lipinski definition) is 4. The molecule has 0 saturated heterocycles. The van der Waals surface area contributed by atoms with Crippen molar-refractivity contribution in [2.45, 2.75) is 0 Å². The molecule has 1 rings (SSSR count). The summed E-state index contributed by atoms with van der Waals surface area (Å²) >= 11 is 0. The van der Waals surface area contributed by atoms with Crippen LogP contribution in [0.15, 0.2) is 10.8 Å². The number of nitrogens with zero attached hydrogens (tertiary/aromatic N) is 2. The van der Waals surface area contributed by atoms with Gasteiger partial charge >= 0.3 is 11.8 Å². The van der Waals surface area contributed by atoms with Gasteiger partial charge in [-0.2, -0.15) is 0 Å². The van der Waals surface area contributed by atoms with Crippen LogP contribution in [-0.4, -0.2) is 22.6 Å². The Morgan fingerprint density at radius 1 is 1.91 bits per heavy atom. The first-order valence-corrected chi connectivity index (χ1v) is 2.82. The SMILES string of the molecule is C#CCNC(=O)c1nnco1. The normalized spacial score (nSPS) is 8.64. The van der Waals surface area contributed by atoms with Crippen molar-refractivity contribution >= 4 is 5.91 Å². The Morgan fingerprint density at radius 2 is 2.73 bits per heavy atom. The average Bonchev–Trinajstić information content (AvgIpc) is 2.52. The summed E-state index contributed by atoms with van der Waals surface area (Å²) in [5.74, 6) is 1.70. The monoisotopic (exact) mass is 151 g/mol. The Hall–Kier alpha value is -1.83. The van der Waals surface area contributed by atoms with Gasteiger partial charge < -0.3 is 9.73 Å². The maximum Gasteiger partial charge on any atom is 0.309 e. The molecule has 1 heterocycles. The molecule has 1 aromatic rings. The standard InChI is InChI=1S/C6H5N3O2/c1-2-3-7-5(10)6-9-8-4-11-6/h1,4H,3H2,(H,7,10). The van der Waals surface area contributed by atoms with Crippen LogP contribution in [0.4, 0.5) is 0 Å². The molecule has 0 aliphatic rings. The Morgan fingerprint density at radius 3 is 3.27 bits per heavy atom. The summed E-state index contributed by atoms with van der Waals surface area (Å²) in [4.78, 5) is 10.9. The lowest BCUT2D eigenvalue weighted by molar-refractivity contribution is 0.0924. The van der Waals surface area contributed by atoms with Gasteiger partial charge in [-0.1, -0.05) is 5.92 Å².